The van der Waals surface area contributed by atoms with Crippen LogP contribution in [-0.2, 0) is 9.59 Å². The van der Waals surface area contributed by atoms with Gasteiger partial charge in [0.05, 0.1) is 0 Å². The molecule has 0 aromatic heterocycles. The number of amides is 2. The van der Waals surface area contributed by atoms with Gasteiger partial charge in [-0.2, -0.15) is 0 Å². The number of nitrogens with zero attached hydrogens (tertiary/aromatic N) is 2. The average Bonchev–Trinajstić information content (AvgIpc) is 2.91. The zero-order valence-corrected chi connectivity index (χ0v) is 11.7. The van der Waals surface area contributed by atoms with Crippen molar-refractivity contribution in [1.29, 1.82) is 0 Å². The van der Waals surface area contributed by atoms with Gasteiger partial charge in [-0.25, -0.2) is 8.78 Å². The monoisotopic (exact) mass is 294 g/mol. The highest BCUT2D eigenvalue weighted by molar-refractivity contribution is 6.01. The first-order chi connectivity index (χ1) is 10.0. The van der Waals surface area contributed by atoms with E-state index in [0.29, 0.717) is 13.0 Å². The zero-order valence-electron chi connectivity index (χ0n) is 11.7. The Hall–Kier alpha value is -1.98. The first kappa shape index (κ1) is 14.0. The van der Waals surface area contributed by atoms with E-state index in [4.69, 9.17) is 0 Å². The molecule has 2 heterocycles. The van der Waals surface area contributed by atoms with Crippen molar-refractivity contribution in [2.75, 3.05) is 18.0 Å². The Labute approximate surface area is 121 Å². The molecule has 3 rings (SSSR count). The maximum absolute atomic E-state index is 14.3. The number of carbonyl (C=O) groups is 2. The molecule has 2 fully saturated rings. The molecule has 2 saturated heterocycles. The Morgan fingerprint density at radius 1 is 1.19 bits per heavy atom. The van der Waals surface area contributed by atoms with Crippen molar-refractivity contribution in [1.82, 2.24) is 4.90 Å². The van der Waals surface area contributed by atoms with Crippen molar-refractivity contribution in [2.24, 2.45) is 0 Å². The predicted molar refractivity (Wildman–Crippen MR) is 72.8 cm³/mol. The van der Waals surface area contributed by atoms with Crippen LogP contribution in [0.2, 0.25) is 0 Å². The van der Waals surface area contributed by atoms with Crippen LogP contribution in [0, 0.1) is 18.6 Å². The third-order valence-electron chi connectivity index (χ3n) is 4.20. The van der Waals surface area contributed by atoms with E-state index in [1.807, 2.05) is 0 Å². The van der Waals surface area contributed by atoms with Crippen LogP contribution < -0.4 is 4.90 Å². The van der Waals surface area contributed by atoms with E-state index in [9.17, 15) is 18.4 Å². The Bertz CT molecular complexity index is 618. The molecule has 0 spiro atoms. The van der Waals surface area contributed by atoms with Gasteiger partial charge in [0.25, 0.3) is 0 Å². The summed E-state index contributed by atoms with van der Waals surface area (Å²) in [5.74, 6) is -2.02. The van der Waals surface area contributed by atoms with Crippen molar-refractivity contribution in [2.45, 2.75) is 32.2 Å². The lowest BCUT2D eigenvalue weighted by molar-refractivity contribution is -0.135. The molecule has 112 valence electrons. The number of hydrogen-bond acceptors (Lipinski definition) is 2. The summed E-state index contributed by atoms with van der Waals surface area (Å²) in [4.78, 5) is 27.2. The van der Waals surface area contributed by atoms with Gasteiger partial charge in [0, 0.05) is 19.5 Å². The van der Waals surface area contributed by atoms with Gasteiger partial charge in [-0.15, -0.1) is 0 Å². The minimum Gasteiger partial charge on any atom is -0.331 e. The summed E-state index contributed by atoms with van der Waals surface area (Å²) in [6, 6.07) is 1.91. The van der Waals surface area contributed by atoms with E-state index in [0.717, 1.165) is 17.4 Å². The molecule has 21 heavy (non-hydrogen) atoms. The van der Waals surface area contributed by atoms with Crippen molar-refractivity contribution < 1.29 is 18.4 Å². The summed E-state index contributed by atoms with van der Waals surface area (Å²) in [6.07, 6.45) is 1.39. The molecule has 0 aliphatic carbocycles. The smallest absolute Gasteiger partial charge is 0.249 e. The molecular weight excluding hydrogens is 278 g/mol. The predicted octanol–water partition coefficient (Wildman–Crippen LogP) is 2.00. The number of aryl methyl sites for hydroxylation is 1. The first-order valence-electron chi connectivity index (χ1n) is 7.06. The molecule has 0 radical (unpaired) electrons. The number of halogens is 2. The van der Waals surface area contributed by atoms with Crippen LogP contribution >= 0.6 is 0 Å². The molecule has 1 atom stereocenters. The summed E-state index contributed by atoms with van der Waals surface area (Å²) in [5.41, 5.74) is -0.0559. The van der Waals surface area contributed by atoms with Crippen LogP contribution in [0.15, 0.2) is 12.1 Å². The number of hydrogen-bond donors (Lipinski definition) is 0. The minimum atomic E-state index is -0.773. The lowest BCUT2D eigenvalue weighted by Crippen LogP contribution is -2.44. The van der Waals surface area contributed by atoms with Crippen molar-refractivity contribution >= 4 is 17.5 Å². The van der Waals surface area contributed by atoms with Gasteiger partial charge < -0.3 is 9.80 Å². The third kappa shape index (κ3) is 2.18. The van der Waals surface area contributed by atoms with Gasteiger partial charge in [0.1, 0.15) is 17.5 Å². The Balaban J connectivity index is 2.04. The molecule has 1 aromatic rings. The fraction of sp³-hybridized carbons (Fsp3) is 0.467. The van der Waals surface area contributed by atoms with E-state index >= 15 is 0 Å². The molecule has 2 aliphatic heterocycles. The lowest BCUT2D eigenvalue weighted by Gasteiger charge is -2.26. The summed E-state index contributed by atoms with van der Waals surface area (Å²) >= 11 is 0. The molecule has 0 N–H and O–H groups in total. The molecule has 2 aliphatic rings. The van der Waals surface area contributed by atoms with Crippen LogP contribution in [-0.4, -0.2) is 35.8 Å². The second-order valence-corrected chi connectivity index (χ2v) is 5.51. The largest absolute Gasteiger partial charge is 0.331 e. The Morgan fingerprint density at radius 3 is 2.71 bits per heavy atom. The maximum Gasteiger partial charge on any atom is 0.249 e. The van der Waals surface area contributed by atoms with E-state index in [2.05, 4.69) is 0 Å². The standard InChI is InChI=1S/C15H16F2N2O2/c1-9-4-5-10(16)14(13(9)17)19-8-6-12(20)18-7-2-3-11(18)15(19)21/h4-5,11H,2-3,6-8H2,1H3. The minimum absolute atomic E-state index is 0.0158. The molecule has 1 aromatic carbocycles. The second-order valence-electron chi connectivity index (χ2n) is 5.51. The number of carbonyl (C=O) groups excluding carboxylic acids is 2. The van der Waals surface area contributed by atoms with Crippen LogP contribution in [0.5, 0.6) is 0 Å². The Morgan fingerprint density at radius 2 is 1.95 bits per heavy atom. The quantitative estimate of drug-likeness (QED) is 0.795. The van der Waals surface area contributed by atoms with E-state index in [1.165, 1.54) is 17.9 Å². The van der Waals surface area contributed by atoms with Gasteiger partial charge in [-0.05, 0) is 31.4 Å². The molecule has 4 nitrogen and oxygen atoms in total. The van der Waals surface area contributed by atoms with Gasteiger partial charge in [-0.3, -0.25) is 9.59 Å². The maximum atomic E-state index is 14.3. The summed E-state index contributed by atoms with van der Waals surface area (Å²) in [5, 5.41) is 0. The average molecular weight is 294 g/mol. The number of fused-ring (bicyclic) bond motifs is 1. The summed E-state index contributed by atoms with van der Waals surface area (Å²) in [7, 11) is 0. The number of benzene rings is 1. The topological polar surface area (TPSA) is 40.6 Å². The number of rotatable bonds is 1. The van der Waals surface area contributed by atoms with Crippen molar-refractivity contribution in [3.63, 3.8) is 0 Å². The van der Waals surface area contributed by atoms with E-state index < -0.39 is 17.7 Å². The SMILES string of the molecule is Cc1ccc(F)c(N2CCC(=O)N3CCCC3C2=O)c1F. The van der Waals surface area contributed by atoms with Gasteiger partial charge >= 0.3 is 0 Å². The van der Waals surface area contributed by atoms with Crippen LogP contribution in [0.25, 0.3) is 0 Å². The fourth-order valence-electron chi connectivity index (χ4n) is 3.07. The van der Waals surface area contributed by atoms with E-state index in [1.54, 1.807) is 0 Å². The van der Waals surface area contributed by atoms with Crippen LogP contribution in [0.1, 0.15) is 24.8 Å². The molecule has 0 bridgehead atoms. The zero-order chi connectivity index (χ0) is 15.1. The number of anilines is 1. The highest BCUT2D eigenvalue weighted by atomic mass is 19.1. The van der Waals surface area contributed by atoms with Gasteiger partial charge in [0.15, 0.2) is 5.82 Å². The highest BCUT2D eigenvalue weighted by Crippen LogP contribution is 2.31. The lowest BCUT2D eigenvalue weighted by atomic mass is 10.1. The highest BCUT2D eigenvalue weighted by Gasteiger charge is 2.41. The van der Waals surface area contributed by atoms with Crippen LogP contribution in [0.3, 0.4) is 0 Å². The van der Waals surface area contributed by atoms with Gasteiger partial charge in [-0.1, -0.05) is 6.07 Å². The summed E-state index contributed by atoms with van der Waals surface area (Å²) in [6.45, 7) is 2.08. The summed E-state index contributed by atoms with van der Waals surface area (Å²) < 4.78 is 28.3. The van der Waals surface area contributed by atoms with E-state index in [-0.39, 0.29) is 36.0 Å². The van der Waals surface area contributed by atoms with Crippen molar-refractivity contribution in [3.8, 4) is 0 Å². The van der Waals surface area contributed by atoms with Crippen molar-refractivity contribution in [3.05, 3.63) is 29.3 Å². The fourth-order valence-corrected chi connectivity index (χ4v) is 3.07. The molecule has 2 amide bonds. The molecule has 1 unspecified atom stereocenters. The Kier molecular flexibility index (Phi) is 3.39. The molecule has 0 saturated carbocycles. The molecular formula is C15H16F2N2O2. The van der Waals surface area contributed by atoms with Crippen LogP contribution in [0.4, 0.5) is 14.5 Å². The van der Waals surface area contributed by atoms with Gasteiger partial charge in [0.2, 0.25) is 11.8 Å². The second kappa shape index (κ2) is 5.09. The first-order valence-corrected chi connectivity index (χ1v) is 7.06. The normalized spacial score (nSPS) is 22.5. The third-order valence-corrected chi connectivity index (χ3v) is 4.20. The molecule has 6 heteroatoms.